The highest BCUT2D eigenvalue weighted by atomic mass is 35.5. The lowest BCUT2D eigenvalue weighted by Gasteiger charge is -2.34. The van der Waals surface area contributed by atoms with Crippen LogP contribution in [0.2, 0.25) is 0 Å². The first-order valence-corrected chi connectivity index (χ1v) is 8.35. The highest BCUT2D eigenvalue weighted by Crippen LogP contribution is 2.27. The van der Waals surface area contributed by atoms with Gasteiger partial charge < -0.3 is 9.64 Å². The fourth-order valence-electron chi connectivity index (χ4n) is 3.00. The Hall–Kier alpha value is -1.22. The summed E-state index contributed by atoms with van der Waals surface area (Å²) in [6.07, 6.45) is 5.83. The highest BCUT2D eigenvalue weighted by molar-refractivity contribution is 6.27. The van der Waals surface area contributed by atoms with Crippen molar-refractivity contribution in [2.45, 2.75) is 51.6 Å². The SMILES string of the molecule is CCOc1ccccc1CN(C(=O)CCl)C1CCCCC1. The number of hydrogen-bond donors (Lipinski definition) is 0. The minimum absolute atomic E-state index is 0.0230. The fraction of sp³-hybridized carbons (Fsp3) is 0.588. The number of rotatable bonds is 6. The first-order valence-electron chi connectivity index (χ1n) is 7.82. The number of hydrogen-bond acceptors (Lipinski definition) is 2. The van der Waals surface area contributed by atoms with Crippen LogP contribution in [0.5, 0.6) is 5.75 Å². The maximum Gasteiger partial charge on any atom is 0.238 e. The minimum atomic E-state index is 0.0230. The van der Waals surface area contributed by atoms with Gasteiger partial charge in [-0.1, -0.05) is 37.5 Å². The summed E-state index contributed by atoms with van der Waals surface area (Å²) in [5.41, 5.74) is 1.06. The molecule has 0 heterocycles. The van der Waals surface area contributed by atoms with E-state index in [1.54, 1.807) is 0 Å². The molecule has 1 fully saturated rings. The van der Waals surface area contributed by atoms with Gasteiger partial charge in [-0.25, -0.2) is 0 Å². The molecule has 0 unspecified atom stereocenters. The molecule has 2 rings (SSSR count). The molecule has 0 radical (unpaired) electrons. The number of nitrogens with zero attached hydrogens (tertiary/aromatic N) is 1. The quantitative estimate of drug-likeness (QED) is 0.744. The fourth-order valence-corrected chi connectivity index (χ4v) is 3.16. The molecule has 0 aliphatic heterocycles. The number of carbonyl (C=O) groups is 1. The summed E-state index contributed by atoms with van der Waals surface area (Å²) in [6, 6.07) is 8.26. The number of amides is 1. The van der Waals surface area contributed by atoms with Crippen molar-refractivity contribution in [1.29, 1.82) is 0 Å². The van der Waals surface area contributed by atoms with Crippen molar-refractivity contribution in [3.63, 3.8) is 0 Å². The summed E-state index contributed by atoms with van der Waals surface area (Å²) in [5.74, 6) is 0.936. The third kappa shape index (κ3) is 4.37. The minimum Gasteiger partial charge on any atom is -0.494 e. The number of alkyl halides is 1. The Morgan fingerprint density at radius 2 is 2.00 bits per heavy atom. The molecular weight excluding hydrogens is 286 g/mol. The molecule has 4 heteroatoms. The Kier molecular flexibility index (Phi) is 6.37. The summed E-state index contributed by atoms with van der Waals surface area (Å²) in [5, 5.41) is 0. The van der Waals surface area contributed by atoms with Crippen LogP contribution in [0, 0.1) is 0 Å². The Morgan fingerprint density at radius 1 is 1.29 bits per heavy atom. The first-order chi connectivity index (χ1) is 10.3. The van der Waals surface area contributed by atoms with E-state index >= 15 is 0 Å². The van der Waals surface area contributed by atoms with Gasteiger partial charge in [-0.3, -0.25) is 4.79 Å². The number of halogens is 1. The predicted molar refractivity (Wildman–Crippen MR) is 85.8 cm³/mol. The predicted octanol–water partition coefficient (Wildman–Crippen LogP) is 3.99. The Balaban J connectivity index is 2.16. The third-order valence-corrected chi connectivity index (χ3v) is 4.29. The van der Waals surface area contributed by atoms with Crippen LogP contribution in [0.25, 0.3) is 0 Å². The lowest BCUT2D eigenvalue weighted by molar-refractivity contribution is -0.132. The zero-order valence-electron chi connectivity index (χ0n) is 12.7. The topological polar surface area (TPSA) is 29.5 Å². The van der Waals surface area contributed by atoms with Crippen LogP contribution < -0.4 is 4.74 Å². The summed E-state index contributed by atoms with van der Waals surface area (Å²) in [7, 11) is 0. The zero-order chi connectivity index (χ0) is 15.1. The Bertz CT molecular complexity index is 458. The molecule has 3 nitrogen and oxygen atoms in total. The van der Waals surface area contributed by atoms with E-state index in [0.717, 1.165) is 24.2 Å². The molecular formula is C17H24ClNO2. The largest absolute Gasteiger partial charge is 0.494 e. The normalized spacial score (nSPS) is 15.7. The van der Waals surface area contributed by atoms with Gasteiger partial charge in [0.25, 0.3) is 0 Å². The third-order valence-electron chi connectivity index (χ3n) is 4.06. The summed E-state index contributed by atoms with van der Waals surface area (Å²) in [4.78, 5) is 14.2. The van der Waals surface area contributed by atoms with E-state index in [4.69, 9.17) is 16.3 Å². The van der Waals surface area contributed by atoms with Crippen molar-refractivity contribution >= 4 is 17.5 Å². The van der Waals surface area contributed by atoms with Gasteiger partial charge in [-0.15, -0.1) is 11.6 Å². The van der Waals surface area contributed by atoms with Gasteiger partial charge in [-0.2, -0.15) is 0 Å². The van der Waals surface area contributed by atoms with E-state index in [-0.39, 0.29) is 11.8 Å². The second-order valence-corrected chi connectivity index (χ2v) is 5.76. The molecule has 0 spiro atoms. The van der Waals surface area contributed by atoms with Crippen LogP contribution in [0.15, 0.2) is 24.3 Å². The summed E-state index contributed by atoms with van der Waals surface area (Å²) >= 11 is 5.81. The van der Waals surface area contributed by atoms with Crippen molar-refractivity contribution < 1.29 is 9.53 Å². The van der Waals surface area contributed by atoms with Gasteiger partial charge in [0.1, 0.15) is 11.6 Å². The zero-order valence-corrected chi connectivity index (χ0v) is 13.4. The molecule has 1 aliphatic carbocycles. The molecule has 1 aromatic carbocycles. The number of benzene rings is 1. The number of para-hydroxylation sites is 1. The Labute approximate surface area is 132 Å². The van der Waals surface area contributed by atoms with Gasteiger partial charge in [0.15, 0.2) is 0 Å². The van der Waals surface area contributed by atoms with Crippen molar-refractivity contribution in [2.75, 3.05) is 12.5 Å². The van der Waals surface area contributed by atoms with E-state index in [0.29, 0.717) is 19.2 Å². The van der Waals surface area contributed by atoms with Gasteiger partial charge in [-0.05, 0) is 25.8 Å². The molecule has 0 saturated heterocycles. The first kappa shape index (κ1) is 16.2. The van der Waals surface area contributed by atoms with Gasteiger partial charge in [0.2, 0.25) is 5.91 Å². The lowest BCUT2D eigenvalue weighted by atomic mass is 9.93. The molecule has 0 atom stereocenters. The van der Waals surface area contributed by atoms with Gasteiger partial charge in [0.05, 0.1) is 6.61 Å². The van der Waals surface area contributed by atoms with E-state index in [1.807, 2.05) is 36.1 Å². The molecule has 0 bridgehead atoms. The lowest BCUT2D eigenvalue weighted by Crippen LogP contribution is -2.41. The van der Waals surface area contributed by atoms with Crippen molar-refractivity contribution in [3.8, 4) is 5.75 Å². The van der Waals surface area contributed by atoms with Crippen molar-refractivity contribution in [1.82, 2.24) is 4.90 Å². The van der Waals surface area contributed by atoms with E-state index in [1.165, 1.54) is 19.3 Å². The molecule has 116 valence electrons. The average Bonchev–Trinajstić information content (AvgIpc) is 2.54. The maximum atomic E-state index is 12.2. The molecule has 21 heavy (non-hydrogen) atoms. The summed E-state index contributed by atoms with van der Waals surface area (Å²) in [6.45, 7) is 3.19. The van der Waals surface area contributed by atoms with E-state index in [2.05, 4.69) is 0 Å². The smallest absolute Gasteiger partial charge is 0.238 e. The van der Waals surface area contributed by atoms with Gasteiger partial charge in [0, 0.05) is 18.2 Å². The van der Waals surface area contributed by atoms with Crippen LogP contribution in [0.4, 0.5) is 0 Å². The van der Waals surface area contributed by atoms with E-state index in [9.17, 15) is 4.79 Å². The number of carbonyl (C=O) groups excluding carboxylic acids is 1. The monoisotopic (exact) mass is 309 g/mol. The van der Waals surface area contributed by atoms with Crippen molar-refractivity contribution in [2.24, 2.45) is 0 Å². The second-order valence-electron chi connectivity index (χ2n) is 5.49. The van der Waals surface area contributed by atoms with Crippen LogP contribution in [0.3, 0.4) is 0 Å². The molecule has 1 aromatic rings. The summed E-state index contributed by atoms with van der Waals surface area (Å²) < 4.78 is 5.67. The maximum absolute atomic E-state index is 12.2. The van der Waals surface area contributed by atoms with Crippen molar-refractivity contribution in [3.05, 3.63) is 29.8 Å². The van der Waals surface area contributed by atoms with Crippen LogP contribution >= 0.6 is 11.6 Å². The standard InChI is InChI=1S/C17H24ClNO2/c1-2-21-16-11-7-6-8-14(16)13-19(17(20)12-18)15-9-4-3-5-10-15/h6-8,11,15H,2-5,9-10,12-13H2,1H3. The van der Waals surface area contributed by atoms with Crippen LogP contribution in [-0.2, 0) is 11.3 Å². The molecule has 0 N–H and O–H groups in total. The molecule has 0 aromatic heterocycles. The van der Waals surface area contributed by atoms with Gasteiger partial charge >= 0.3 is 0 Å². The second kappa shape index (κ2) is 8.28. The highest BCUT2D eigenvalue weighted by Gasteiger charge is 2.25. The number of ether oxygens (including phenoxy) is 1. The van der Waals surface area contributed by atoms with E-state index < -0.39 is 0 Å². The molecule has 1 amide bonds. The molecule has 1 saturated carbocycles. The average molecular weight is 310 g/mol. The van der Waals surface area contributed by atoms with Crippen LogP contribution in [-0.4, -0.2) is 29.3 Å². The Morgan fingerprint density at radius 3 is 2.67 bits per heavy atom. The van der Waals surface area contributed by atoms with Crippen LogP contribution in [0.1, 0.15) is 44.6 Å². The molecule has 1 aliphatic rings.